The standard InChI is InChI=1S/C13H17F2NOS/c1-2-6-18-7-5-16-9-13(17)10-3-4-11(14)12(15)8-10/h2-4,8,13,16-17H,1,5-7,9H2. The molecule has 0 spiro atoms. The van der Waals surface area contributed by atoms with Crippen molar-refractivity contribution in [3.8, 4) is 0 Å². The normalized spacial score (nSPS) is 12.4. The van der Waals surface area contributed by atoms with E-state index in [1.807, 2.05) is 6.08 Å². The molecule has 1 aromatic rings. The van der Waals surface area contributed by atoms with Crippen molar-refractivity contribution in [2.24, 2.45) is 0 Å². The zero-order valence-electron chi connectivity index (χ0n) is 10.0. The molecule has 0 radical (unpaired) electrons. The van der Waals surface area contributed by atoms with Gasteiger partial charge in [0.1, 0.15) is 0 Å². The highest BCUT2D eigenvalue weighted by Crippen LogP contribution is 2.15. The van der Waals surface area contributed by atoms with E-state index in [1.165, 1.54) is 6.07 Å². The second-order valence-corrected chi connectivity index (χ2v) is 4.91. The molecule has 100 valence electrons. The minimum Gasteiger partial charge on any atom is -0.387 e. The highest BCUT2D eigenvalue weighted by Gasteiger charge is 2.10. The fraction of sp³-hybridized carbons (Fsp3) is 0.385. The zero-order valence-corrected chi connectivity index (χ0v) is 10.9. The van der Waals surface area contributed by atoms with Crippen LogP contribution in [0.25, 0.3) is 0 Å². The zero-order chi connectivity index (χ0) is 13.4. The third-order valence-electron chi connectivity index (χ3n) is 2.32. The molecule has 0 aliphatic carbocycles. The number of hydrogen-bond acceptors (Lipinski definition) is 3. The lowest BCUT2D eigenvalue weighted by Crippen LogP contribution is -2.24. The molecule has 1 rings (SSSR count). The van der Waals surface area contributed by atoms with Crippen LogP contribution in [0.1, 0.15) is 11.7 Å². The van der Waals surface area contributed by atoms with Gasteiger partial charge in [0, 0.05) is 24.6 Å². The number of rotatable bonds is 8. The van der Waals surface area contributed by atoms with Crippen molar-refractivity contribution in [3.05, 3.63) is 48.1 Å². The molecule has 0 aliphatic rings. The second kappa shape index (κ2) is 8.24. The average molecular weight is 273 g/mol. The molecule has 2 nitrogen and oxygen atoms in total. The first-order valence-corrected chi connectivity index (χ1v) is 6.83. The molecule has 0 fully saturated rings. The molecule has 0 aliphatic heterocycles. The van der Waals surface area contributed by atoms with E-state index in [0.29, 0.717) is 12.1 Å². The molecule has 1 unspecified atom stereocenters. The predicted molar refractivity (Wildman–Crippen MR) is 71.7 cm³/mol. The highest BCUT2D eigenvalue weighted by atomic mass is 32.2. The van der Waals surface area contributed by atoms with Crippen molar-refractivity contribution in [1.29, 1.82) is 0 Å². The topological polar surface area (TPSA) is 32.3 Å². The predicted octanol–water partition coefficient (Wildman–Crippen LogP) is 2.51. The Bertz CT molecular complexity index is 387. The highest BCUT2D eigenvalue weighted by molar-refractivity contribution is 7.99. The van der Waals surface area contributed by atoms with Crippen LogP contribution in [0.2, 0.25) is 0 Å². The van der Waals surface area contributed by atoms with E-state index in [-0.39, 0.29) is 0 Å². The number of aliphatic hydroxyl groups is 1. The van der Waals surface area contributed by atoms with Gasteiger partial charge in [-0.3, -0.25) is 0 Å². The Morgan fingerprint density at radius 1 is 1.39 bits per heavy atom. The Labute approximate surface area is 110 Å². The quantitative estimate of drug-likeness (QED) is 0.564. The van der Waals surface area contributed by atoms with Crippen LogP contribution < -0.4 is 5.32 Å². The molecule has 0 amide bonds. The summed E-state index contributed by atoms with van der Waals surface area (Å²) in [6, 6.07) is 3.43. The van der Waals surface area contributed by atoms with Crippen LogP contribution in [-0.2, 0) is 0 Å². The first kappa shape index (κ1) is 15.1. The van der Waals surface area contributed by atoms with Crippen LogP contribution in [0.5, 0.6) is 0 Å². The van der Waals surface area contributed by atoms with Gasteiger partial charge >= 0.3 is 0 Å². The summed E-state index contributed by atoms with van der Waals surface area (Å²) in [5, 5.41) is 12.8. The number of nitrogens with one attached hydrogen (secondary N) is 1. The van der Waals surface area contributed by atoms with Crippen molar-refractivity contribution >= 4 is 11.8 Å². The minimum atomic E-state index is -0.937. The lowest BCUT2D eigenvalue weighted by atomic mass is 10.1. The van der Waals surface area contributed by atoms with Crippen LogP contribution >= 0.6 is 11.8 Å². The van der Waals surface area contributed by atoms with Gasteiger partial charge in [0.15, 0.2) is 11.6 Å². The van der Waals surface area contributed by atoms with Crippen LogP contribution in [0.4, 0.5) is 8.78 Å². The van der Waals surface area contributed by atoms with Gasteiger partial charge < -0.3 is 10.4 Å². The minimum absolute atomic E-state index is 0.319. The van der Waals surface area contributed by atoms with Crippen LogP contribution in [0, 0.1) is 11.6 Å². The van der Waals surface area contributed by atoms with E-state index >= 15 is 0 Å². The molecular weight excluding hydrogens is 256 g/mol. The fourth-order valence-corrected chi connectivity index (χ4v) is 2.01. The SMILES string of the molecule is C=CCSCCNCC(O)c1ccc(F)c(F)c1. The van der Waals surface area contributed by atoms with E-state index in [1.54, 1.807) is 11.8 Å². The molecule has 0 heterocycles. The van der Waals surface area contributed by atoms with Gasteiger partial charge in [-0.05, 0) is 17.7 Å². The number of benzene rings is 1. The average Bonchev–Trinajstić information content (AvgIpc) is 2.36. The maximum absolute atomic E-state index is 12.9. The van der Waals surface area contributed by atoms with Crippen molar-refractivity contribution in [2.45, 2.75) is 6.10 Å². The van der Waals surface area contributed by atoms with E-state index in [0.717, 1.165) is 30.2 Å². The molecule has 0 aromatic heterocycles. The lowest BCUT2D eigenvalue weighted by Gasteiger charge is -2.12. The Balaban J connectivity index is 2.29. The summed E-state index contributed by atoms with van der Waals surface area (Å²) in [5.74, 6) is -0.0305. The monoisotopic (exact) mass is 273 g/mol. The van der Waals surface area contributed by atoms with Gasteiger partial charge in [0.2, 0.25) is 0 Å². The molecule has 2 N–H and O–H groups in total. The van der Waals surface area contributed by atoms with Gasteiger partial charge in [-0.1, -0.05) is 12.1 Å². The maximum atomic E-state index is 12.9. The lowest BCUT2D eigenvalue weighted by molar-refractivity contribution is 0.175. The molecule has 0 saturated heterocycles. The Kier molecular flexibility index (Phi) is 6.93. The number of thioether (sulfide) groups is 1. The maximum Gasteiger partial charge on any atom is 0.159 e. The van der Waals surface area contributed by atoms with E-state index in [4.69, 9.17) is 0 Å². The van der Waals surface area contributed by atoms with Crippen molar-refractivity contribution in [3.63, 3.8) is 0 Å². The third-order valence-corrected chi connectivity index (χ3v) is 3.29. The number of aliphatic hydroxyl groups excluding tert-OH is 1. The molecule has 1 atom stereocenters. The van der Waals surface area contributed by atoms with Gasteiger partial charge in [0.05, 0.1) is 6.10 Å². The largest absolute Gasteiger partial charge is 0.387 e. The Hall–Kier alpha value is -0.910. The Morgan fingerprint density at radius 2 is 2.17 bits per heavy atom. The van der Waals surface area contributed by atoms with E-state index in [2.05, 4.69) is 11.9 Å². The molecule has 1 aromatic carbocycles. The summed E-state index contributed by atoms with van der Waals surface area (Å²) in [6.07, 6.45) is 1.00. The molecule has 5 heteroatoms. The van der Waals surface area contributed by atoms with Crippen molar-refractivity contribution < 1.29 is 13.9 Å². The molecule has 18 heavy (non-hydrogen) atoms. The molecular formula is C13H17F2NOS. The van der Waals surface area contributed by atoms with Crippen LogP contribution in [-0.4, -0.2) is 29.7 Å². The number of hydrogen-bond donors (Lipinski definition) is 2. The van der Waals surface area contributed by atoms with Crippen LogP contribution in [0.15, 0.2) is 30.9 Å². The van der Waals surface area contributed by atoms with Gasteiger partial charge in [-0.25, -0.2) is 8.78 Å². The smallest absolute Gasteiger partial charge is 0.159 e. The van der Waals surface area contributed by atoms with Gasteiger partial charge in [-0.2, -0.15) is 11.8 Å². The molecule has 0 bridgehead atoms. The third kappa shape index (κ3) is 5.16. The second-order valence-electron chi connectivity index (χ2n) is 3.76. The fourth-order valence-electron chi connectivity index (χ4n) is 1.39. The first-order chi connectivity index (χ1) is 8.65. The van der Waals surface area contributed by atoms with Crippen molar-refractivity contribution in [1.82, 2.24) is 5.32 Å². The molecule has 0 saturated carbocycles. The van der Waals surface area contributed by atoms with Gasteiger partial charge in [0.25, 0.3) is 0 Å². The van der Waals surface area contributed by atoms with E-state index < -0.39 is 17.7 Å². The van der Waals surface area contributed by atoms with E-state index in [9.17, 15) is 13.9 Å². The summed E-state index contributed by atoms with van der Waals surface area (Å²) >= 11 is 1.73. The van der Waals surface area contributed by atoms with Crippen LogP contribution in [0.3, 0.4) is 0 Å². The summed E-state index contributed by atoms with van der Waals surface area (Å²) in [4.78, 5) is 0. The number of halogens is 2. The summed E-state index contributed by atoms with van der Waals surface area (Å²) in [6.45, 7) is 4.68. The first-order valence-electron chi connectivity index (χ1n) is 5.67. The summed E-state index contributed by atoms with van der Waals surface area (Å²) in [5.41, 5.74) is 0.375. The summed E-state index contributed by atoms with van der Waals surface area (Å²) < 4.78 is 25.7. The Morgan fingerprint density at radius 3 is 2.83 bits per heavy atom. The summed E-state index contributed by atoms with van der Waals surface area (Å²) in [7, 11) is 0. The van der Waals surface area contributed by atoms with Crippen molar-refractivity contribution in [2.75, 3.05) is 24.6 Å². The van der Waals surface area contributed by atoms with Gasteiger partial charge in [-0.15, -0.1) is 6.58 Å².